The number of methoxy groups -OCH3 is 1. The Labute approximate surface area is 105 Å². The van der Waals surface area contributed by atoms with Gasteiger partial charge in [-0.25, -0.2) is 0 Å². The third kappa shape index (κ3) is 11.6. The second-order valence-corrected chi connectivity index (χ2v) is 4.95. The van der Waals surface area contributed by atoms with Gasteiger partial charge in [0.05, 0.1) is 6.54 Å². The van der Waals surface area contributed by atoms with Crippen LogP contribution >= 0.6 is 0 Å². The van der Waals surface area contributed by atoms with Crippen LogP contribution in [-0.4, -0.2) is 38.8 Å². The fourth-order valence-corrected chi connectivity index (χ4v) is 1.46. The van der Waals surface area contributed by atoms with E-state index in [9.17, 15) is 4.79 Å². The molecule has 0 aromatic carbocycles. The summed E-state index contributed by atoms with van der Waals surface area (Å²) in [6.45, 7) is 8.35. The lowest BCUT2D eigenvalue weighted by atomic mass is 10.0. The van der Waals surface area contributed by atoms with E-state index in [1.54, 1.807) is 7.11 Å². The summed E-state index contributed by atoms with van der Waals surface area (Å²) in [7, 11) is 1.67. The first-order valence-corrected chi connectivity index (χ1v) is 6.55. The Balaban J connectivity index is 3.42. The smallest absolute Gasteiger partial charge is 0.233 e. The summed E-state index contributed by atoms with van der Waals surface area (Å²) in [6.07, 6.45) is 3.18. The van der Waals surface area contributed by atoms with Gasteiger partial charge in [-0.05, 0) is 32.1 Å². The van der Waals surface area contributed by atoms with E-state index >= 15 is 0 Å². The molecule has 2 N–H and O–H groups in total. The van der Waals surface area contributed by atoms with Gasteiger partial charge in [-0.2, -0.15) is 0 Å². The quantitative estimate of drug-likeness (QED) is 0.573. The van der Waals surface area contributed by atoms with Gasteiger partial charge in [0.25, 0.3) is 0 Å². The highest BCUT2D eigenvalue weighted by Gasteiger charge is 2.05. The van der Waals surface area contributed by atoms with Crippen LogP contribution in [0.2, 0.25) is 0 Å². The van der Waals surface area contributed by atoms with Gasteiger partial charge in [-0.15, -0.1) is 0 Å². The number of hydrogen-bond donors (Lipinski definition) is 2. The minimum atomic E-state index is 0.0671. The molecule has 0 aromatic rings. The molecule has 4 nitrogen and oxygen atoms in total. The largest absolute Gasteiger partial charge is 0.385 e. The Morgan fingerprint density at radius 2 is 1.94 bits per heavy atom. The van der Waals surface area contributed by atoms with Gasteiger partial charge >= 0.3 is 0 Å². The van der Waals surface area contributed by atoms with Crippen LogP contribution in [0.25, 0.3) is 0 Å². The average molecular weight is 244 g/mol. The van der Waals surface area contributed by atoms with Gasteiger partial charge < -0.3 is 15.4 Å². The average Bonchev–Trinajstić information content (AvgIpc) is 2.29. The van der Waals surface area contributed by atoms with Crippen LogP contribution in [0, 0.1) is 5.92 Å². The van der Waals surface area contributed by atoms with Crippen molar-refractivity contribution in [3.63, 3.8) is 0 Å². The molecule has 0 bridgehead atoms. The van der Waals surface area contributed by atoms with E-state index in [0.717, 1.165) is 18.8 Å². The van der Waals surface area contributed by atoms with Gasteiger partial charge in [0.2, 0.25) is 5.91 Å². The molecule has 0 saturated carbocycles. The summed E-state index contributed by atoms with van der Waals surface area (Å²) in [5.74, 6) is 0.791. The van der Waals surface area contributed by atoms with E-state index in [1.807, 2.05) is 0 Å². The highest BCUT2D eigenvalue weighted by molar-refractivity contribution is 5.77. The predicted molar refractivity (Wildman–Crippen MR) is 71.0 cm³/mol. The maximum Gasteiger partial charge on any atom is 0.233 e. The molecule has 0 unspecified atom stereocenters. The minimum Gasteiger partial charge on any atom is -0.385 e. The lowest BCUT2D eigenvalue weighted by molar-refractivity contribution is -0.120. The first kappa shape index (κ1) is 16.4. The summed E-state index contributed by atoms with van der Waals surface area (Å²) in [4.78, 5) is 11.4. The van der Waals surface area contributed by atoms with Gasteiger partial charge in [0, 0.05) is 26.3 Å². The van der Waals surface area contributed by atoms with Crippen LogP contribution in [0.4, 0.5) is 0 Å². The molecule has 0 heterocycles. The van der Waals surface area contributed by atoms with Crippen LogP contribution in [0.15, 0.2) is 0 Å². The summed E-state index contributed by atoms with van der Waals surface area (Å²) in [6, 6.07) is 0.405. The molecule has 0 aliphatic carbocycles. The lowest BCUT2D eigenvalue weighted by Crippen LogP contribution is -2.38. The molecule has 0 rings (SSSR count). The minimum absolute atomic E-state index is 0.0671. The Hall–Kier alpha value is -0.610. The Kier molecular flexibility index (Phi) is 10.2. The topological polar surface area (TPSA) is 50.4 Å². The molecule has 1 amide bonds. The zero-order chi connectivity index (χ0) is 13.1. The van der Waals surface area contributed by atoms with Crippen molar-refractivity contribution in [3.8, 4) is 0 Å². The van der Waals surface area contributed by atoms with Crippen LogP contribution in [0.3, 0.4) is 0 Å². The normalized spacial score (nSPS) is 12.8. The Morgan fingerprint density at radius 3 is 2.53 bits per heavy atom. The van der Waals surface area contributed by atoms with Crippen molar-refractivity contribution in [2.24, 2.45) is 5.92 Å². The van der Waals surface area contributed by atoms with Crippen molar-refractivity contribution in [1.29, 1.82) is 0 Å². The number of carbonyl (C=O) groups is 1. The summed E-state index contributed by atoms with van der Waals surface area (Å²) < 4.78 is 4.91. The summed E-state index contributed by atoms with van der Waals surface area (Å²) >= 11 is 0. The summed E-state index contributed by atoms with van der Waals surface area (Å²) in [5, 5.41) is 6.09. The number of carbonyl (C=O) groups excluding carboxylic acids is 1. The monoisotopic (exact) mass is 244 g/mol. The van der Waals surface area contributed by atoms with E-state index in [0.29, 0.717) is 25.7 Å². The number of ether oxygens (including phenoxy) is 1. The van der Waals surface area contributed by atoms with E-state index in [4.69, 9.17) is 4.74 Å². The Bertz CT molecular complexity index is 196. The van der Waals surface area contributed by atoms with Gasteiger partial charge in [-0.3, -0.25) is 4.79 Å². The molecule has 4 heteroatoms. The predicted octanol–water partition coefficient (Wildman–Crippen LogP) is 1.55. The van der Waals surface area contributed by atoms with E-state index < -0.39 is 0 Å². The van der Waals surface area contributed by atoms with E-state index in [2.05, 4.69) is 31.4 Å². The second kappa shape index (κ2) is 10.5. The van der Waals surface area contributed by atoms with Crippen molar-refractivity contribution >= 4 is 5.91 Å². The highest BCUT2D eigenvalue weighted by Crippen LogP contribution is 2.05. The van der Waals surface area contributed by atoms with E-state index in [1.165, 1.54) is 6.42 Å². The van der Waals surface area contributed by atoms with Crippen molar-refractivity contribution in [1.82, 2.24) is 10.6 Å². The van der Waals surface area contributed by atoms with Crippen molar-refractivity contribution in [3.05, 3.63) is 0 Å². The molecule has 0 aliphatic heterocycles. The van der Waals surface area contributed by atoms with Crippen LogP contribution in [0.5, 0.6) is 0 Å². The third-order valence-corrected chi connectivity index (χ3v) is 2.64. The molecule has 0 spiro atoms. The van der Waals surface area contributed by atoms with Crippen molar-refractivity contribution in [2.75, 3.05) is 26.8 Å². The highest BCUT2D eigenvalue weighted by atomic mass is 16.5. The number of rotatable bonds is 10. The summed E-state index contributed by atoms with van der Waals surface area (Å²) in [5.41, 5.74) is 0. The van der Waals surface area contributed by atoms with Crippen molar-refractivity contribution < 1.29 is 9.53 Å². The zero-order valence-electron chi connectivity index (χ0n) is 11.7. The number of nitrogens with one attached hydrogen (secondary N) is 2. The molecular formula is C13H28N2O2. The first-order valence-electron chi connectivity index (χ1n) is 6.55. The molecule has 17 heavy (non-hydrogen) atoms. The zero-order valence-corrected chi connectivity index (χ0v) is 11.7. The SMILES string of the molecule is COCCCNC(=O)CN[C@@H](C)CCC(C)C. The van der Waals surface area contributed by atoms with E-state index in [-0.39, 0.29) is 5.91 Å². The van der Waals surface area contributed by atoms with Gasteiger partial charge in [-0.1, -0.05) is 13.8 Å². The van der Waals surface area contributed by atoms with Crippen LogP contribution in [-0.2, 0) is 9.53 Å². The first-order chi connectivity index (χ1) is 8.06. The van der Waals surface area contributed by atoms with Gasteiger partial charge in [0.15, 0.2) is 0 Å². The third-order valence-electron chi connectivity index (χ3n) is 2.64. The maximum atomic E-state index is 11.4. The Morgan fingerprint density at radius 1 is 1.24 bits per heavy atom. The van der Waals surface area contributed by atoms with Gasteiger partial charge in [0.1, 0.15) is 0 Å². The molecule has 0 radical (unpaired) electrons. The standard InChI is InChI=1S/C13H28N2O2/c1-11(2)6-7-12(3)15-10-13(16)14-8-5-9-17-4/h11-12,15H,5-10H2,1-4H3,(H,14,16)/t12-/m0/s1. The van der Waals surface area contributed by atoms with Crippen LogP contribution in [0.1, 0.15) is 40.0 Å². The molecule has 0 saturated heterocycles. The maximum absolute atomic E-state index is 11.4. The molecule has 1 atom stereocenters. The molecule has 0 aromatic heterocycles. The molecular weight excluding hydrogens is 216 g/mol. The number of amides is 1. The second-order valence-electron chi connectivity index (χ2n) is 4.95. The van der Waals surface area contributed by atoms with Crippen molar-refractivity contribution in [2.45, 2.75) is 46.1 Å². The fraction of sp³-hybridized carbons (Fsp3) is 0.923. The lowest BCUT2D eigenvalue weighted by Gasteiger charge is -2.14. The van der Waals surface area contributed by atoms with Crippen LogP contribution < -0.4 is 10.6 Å². The fourth-order valence-electron chi connectivity index (χ4n) is 1.46. The molecule has 102 valence electrons. The number of hydrogen-bond acceptors (Lipinski definition) is 3. The molecule has 0 aliphatic rings. The molecule has 0 fully saturated rings.